The highest BCUT2D eigenvalue weighted by molar-refractivity contribution is 5.84. The number of methoxy groups -OCH3 is 2. The average molecular weight is 329 g/mol. The Balaban J connectivity index is 2.14. The number of benzene rings is 2. The van der Waals surface area contributed by atoms with Crippen molar-refractivity contribution >= 4 is 6.21 Å². The third-order valence-electron chi connectivity index (χ3n) is 3.98. The van der Waals surface area contributed by atoms with Crippen molar-refractivity contribution in [2.24, 2.45) is 4.99 Å². The number of nitrogens with one attached hydrogen (secondary N) is 1. The molecule has 128 valence electrons. The lowest BCUT2D eigenvalue weighted by molar-refractivity contribution is -0.890. The molecule has 2 aromatic carbocycles. The van der Waals surface area contributed by atoms with E-state index in [-0.39, 0.29) is 11.8 Å². The van der Waals surface area contributed by atoms with Crippen LogP contribution in [0.3, 0.4) is 0 Å². The molecule has 0 aliphatic carbocycles. The summed E-state index contributed by atoms with van der Waals surface area (Å²) in [5.74, 6) is 1.40. The summed E-state index contributed by atoms with van der Waals surface area (Å²) in [6, 6.07) is 13.6. The van der Waals surface area contributed by atoms with Crippen LogP contribution in [0.25, 0.3) is 0 Å². The maximum atomic E-state index is 10.1. The normalized spacial score (nSPS) is 12.5. The summed E-state index contributed by atoms with van der Waals surface area (Å²) in [5.41, 5.74) is 1.85. The first-order valence-corrected chi connectivity index (χ1v) is 7.86. The fraction of sp³-hybridized carbons (Fsp3) is 0.316. The van der Waals surface area contributed by atoms with E-state index >= 15 is 0 Å². The summed E-state index contributed by atoms with van der Waals surface area (Å²) in [7, 11) is 7.40. The second-order valence-electron chi connectivity index (χ2n) is 5.80. The molecule has 5 heteroatoms. The monoisotopic (exact) mass is 329 g/mol. The Morgan fingerprint density at radius 3 is 2.38 bits per heavy atom. The highest BCUT2D eigenvalue weighted by atomic mass is 16.5. The van der Waals surface area contributed by atoms with E-state index in [1.165, 1.54) is 17.6 Å². The van der Waals surface area contributed by atoms with Crippen LogP contribution in [0.15, 0.2) is 47.5 Å². The molecule has 5 nitrogen and oxygen atoms in total. The quantitative estimate of drug-likeness (QED) is 0.761. The van der Waals surface area contributed by atoms with Crippen LogP contribution in [0, 0.1) is 0 Å². The highest BCUT2D eigenvalue weighted by Crippen LogP contribution is 2.28. The van der Waals surface area contributed by atoms with Crippen LogP contribution in [0.5, 0.6) is 17.2 Å². The van der Waals surface area contributed by atoms with E-state index in [0.717, 1.165) is 5.75 Å². The van der Waals surface area contributed by atoms with E-state index in [1.807, 2.05) is 24.3 Å². The first kappa shape index (κ1) is 17.8. The van der Waals surface area contributed by atoms with Crippen LogP contribution in [-0.2, 0) is 0 Å². The van der Waals surface area contributed by atoms with Gasteiger partial charge in [0.15, 0.2) is 11.5 Å². The van der Waals surface area contributed by atoms with Crippen molar-refractivity contribution in [1.29, 1.82) is 0 Å². The van der Waals surface area contributed by atoms with E-state index < -0.39 is 0 Å². The van der Waals surface area contributed by atoms with Gasteiger partial charge in [-0.1, -0.05) is 6.07 Å². The lowest BCUT2D eigenvalue weighted by atomic mass is 10.1. The molecule has 0 aliphatic rings. The van der Waals surface area contributed by atoms with E-state index in [1.54, 1.807) is 19.4 Å². The number of rotatable bonds is 7. The van der Waals surface area contributed by atoms with Gasteiger partial charge < -0.3 is 19.5 Å². The number of likely N-dealkylation sites (N-methyl/N-ethyl adjacent to an activating group) is 1. The Labute approximate surface area is 143 Å². The molecule has 1 atom stereocenters. The van der Waals surface area contributed by atoms with Crippen molar-refractivity contribution in [1.82, 2.24) is 0 Å². The third-order valence-corrected chi connectivity index (χ3v) is 3.98. The van der Waals surface area contributed by atoms with Gasteiger partial charge in [0.25, 0.3) is 0 Å². The number of para-hydroxylation sites is 1. The van der Waals surface area contributed by atoms with E-state index in [2.05, 4.69) is 31.2 Å². The van der Waals surface area contributed by atoms with Crippen LogP contribution in [-0.4, -0.2) is 46.2 Å². The fourth-order valence-electron chi connectivity index (χ4n) is 2.52. The minimum atomic E-state index is 0.113. The third kappa shape index (κ3) is 4.26. The standard InChI is InChI=1S/C19H24N2O3/c1-21(2)17(14-8-10-16(23-3)11-9-14)13-20-12-15-6-5-7-18(24-4)19(15)22/h5-12,17,22H,13H2,1-4H3/p+1/t17-/m1/s1. The van der Waals surface area contributed by atoms with Crippen LogP contribution in [0.1, 0.15) is 17.2 Å². The minimum Gasteiger partial charge on any atom is -0.504 e. The second kappa shape index (κ2) is 8.36. The fourth-order valence-corrected chi connectivity index (χ4v) is 2.52. The molecule has 2 N–H and O–H groups in total. The van der Waals surface area contributed by atoms with Crippen LogP contribution >= 0.6 is 0 Å². The summed E-state index contributed by atoms with van der Waals surface area (Å²) in [5, 5.41) is 10.1. The van der Waals surface area contributed by atoms with Crippen LogP contribution in [0.2, 0.25) is 0 Å². The van der Waals surface area contributed by atoms with E-state index in [0.29, 0.717) is 17.9 Å². The number of nitrogens with zero attached hydrogens (tertiary/aromatic N) is 1. The molecule has 0 radical (unpaired) electrons. The zero-order valence-electron chi connectivity index (χ0n) is 14.6. The predicted octanol–water partition coefficient (Wildman–Crippen LogP) is 1.71. The maximum Gasteiger partial charge on any atom is 0.166 e. The molecule has 0 saturated heterocycles. The minimum absolute atomic E-state index is 0.113. The number of quaternary nitrogens is 1. The Kier molecular flexibility index (Phi) is 6.21. The SMILES string of the molecule is COc1ccc([C@@H](CN=Cc2cccc(OC)c2O)[NH+](C)C)cc1. The van der Waals surface area contributed by atoms with Crippen molar-refractivity contribution in [3.8, 4) is 17.2 Å². The van der Waals surface area contributed by atoms with Crippen molar-refractivity contribution in [2.75, 3.05) is 34.9 Å². The first-order valence-electron chi connectivity index (χ1n) is 7.86. The number of phenols is 1. The molecule has 0 aliphatic heterocycles. The summed E-state index contributed by atoms with van der Waals surface area (Å²) >= 11 is 0. The van der Waals surface area contributed by atoms with Gasteiger partial charge in [0, 0.05) is 17.3 Å². The summed E-state index contributed by atoms with van der Waals surface area (Å²) in [6.45, 7) is 0.616. The average Bonchev–Trinajstić information content (AvgIpc) is 2.60. The molecule has 0 spiro atoms. The van der Waals surface area contributed by atoms with Gasteiger partial charge in [0.05, 0.1) is 34.9 Å². The van der Waals surface area contributed by atoms with Crippen molar-refractivity contribution in [3.63, 3.8) is 0 Å². The van der Waals surface area contributed by atoms with Gasteiger partial charge in [-0.3, -0.25) is 4.99 Å². The lowest BCUT2D eigenvalue weighted by Gasteiger charge is -2.20. The summed E-state index contributed by atoms with van der Waals surface area (Å²) < 4.78 is 10.3. The molecule has 0 heterocycles. The van der Waals surface area contributed by atoms with Crippen molar-refractivity contribution < 1.29 is 19.5 Å². The second-order valence-corrected chi connectivity index (χ2v) is 5.80. The molecule has 2 aromatic rings. The lowest BCUT2D eigenvalue weighted by Crippen LogP contribution is -3.06. The van der Waals surface area contributed by atoms with E-state index in [4.69, 9.17) is 9.47 Å². The molecular formula is C19H25N2O3+. The Morgan fingerprint density at radius 2 is 1.79 bits per heavy atom. The topological polar surface area (TPSA) is 55.5 Å². The number of ether oxygens (including phenoxy) is 2. The van der Waals surface area contributed by atoms with Crippen LogP contribution in [0.4, 0.5) is 0 Å². The molecule has 24 heavy (non-hydrogen) atoms. The molecule has 0 amide bonds. The summed E-state index contributed by atoms with van der Waals surface area (Å²) in [4.78, 5) is 5.81. The van der Waals surface area contributed by atoms with Gasteiger partial charge in [0.1, 0.15) is 11.8 Å². The smallest absolute Gasteiger partial charge is 0.166 e. The molecule has 0 unspecified atom stereocenters. The largest absolute Gasteiger partial charge is 0.504 e. The predicted molar refractivity (Wildman–Crippen MR) is 95.7 cm³/mol. The molecule has 2 rings (SSSR count). The number of aliphatic imine (C=N–C) groups is 1. The Hall–Kier alpha value is -2.53. The zero-order valence-corrected chi connectivity index (χ0v) is 14.6. The number of hydrogen-bond donors (Lipinski definition) is 2. The molecule has 0 bridgehead atoms. The summed E-state index contributed by atoms with van der Waals surface area (Å²) in [6.07, 6.45) is 1.69. The molecule has 0 fully saturated rings. The molecule has 0 saturated carbocycles. The Bertz CT molecular complexity index is 682. The van der Waals surface area contributed by atoms with Gasteiger partial charge in [-0.2, -0.15) is 0 Å². The highest BCUT2D eigenvalue weighted by Gasteiger charge is 2.17. The van der Waals surface area contributed by atoms with Crippen LogP contribution < -0.4 is 14.4 Å². The van der Waals surface area contributed by atoms with Gasteiger partial charge >= 0.3 is 0 Å². The van der Waals surface area contributed by atoms with E-state index in [9.17, 15) is 5.11 Å². The molecular weight excluding hydrogens is 304 g/mol. The van der Waals surface area contributed by atoms with Gasteiger partial charge in [-0.05, 0) is 36.4 Å². The first-order chi connectivity index (χ1) is 11.6. The van der Waals surface area contributed by atoms with Gasteiger partial charge in [-0.25, -0.2) is 0 Å². The Morgan fingerprint density at radius 1 is 1.08 bits per heavy atom. The van der Waals surface area contributed by atoms with Gasteiger partial charge in [-0.15, -0.1) is 0 Å². The zero-order chi connectivity index (χ0) is 17.5. The molecule has 0 aromatic heterocycles. The number of aromatic hydroxyl groups is 1. The maximum absolute atomic E-state index is 10.1. The van der Waals surface area contributed by atoms with Crippen molar-refractivity contribution in [2.45, 2.75) is 6.04 Å². The van der Waals surface area contributed by atoms with Crippen molar-refractivity contribution in [3.05, 3.63) is 53.6 Å². The number of hydrogen-bond acceptors (Lipinski definition) is 4. The van der Waals surface area contributed by atoms with Gasteiger partial charge in [0.2, 0.25) is 0 Å². The number of phenolic OH excluding ortho intramolecular Hbond substituents is 1.